The van der Waals surface area contributed by atoms with Crippen LogP contribution in [0.4, 0.5) is 0 Å². The van der Waals surface area contributed by atoms with Crippen LogP contribution in [0.25, 0.3) is 0 Å². The maximum atomic E-state index is 12.3. The number of alkyl halides is 4. The molecule has 24 heavy (non-hydrogen) atoms. The maximum Gasteiger partial charge on any atom is 0.334 e. The van der Waals surface area contributed by atoms with Crippen molar-refractivity contribution in [1.82, 2.24) is 0 Å². The third-order valence-electron chi connectivity index (χ3n) is 8.18. The molecule has 1 saturated heterocycles. The Morgan fingerprint density at radius 3 is 2.17 bits per heavy atom. The molecule has 6 heteroatoms. The average Bonchev–Trinajstić information content (AvgIpc) is 3.12. The highest BCUT2D eigenvalue weighted by molar-refractivity contribution is 6.52. The molecular weight excluding hydrogens is 390 g/mol. The molecule has 132 valence electrons. The highest BCUT2D eigenvalue weighted by atomic mass is 35.5. The molecule has 4 saturated carbocycles. The highest BCUT2D eigenvalue weighted by Crippen LogP contribution is 2.84. The molecule has 0 N–H and O–H groups in total. The molecule has 2 nitrogen and oxygen atoms in total. The molecule has 4 aliphatic carbocycles. The second-order valence-electron chi connectivity index (χ2n) is 8.97. The van der Waals surface area contributed by atoms with Crippen molar-refractivity contribution < 1.29 is 9.53 Å². The van der Waals surface area contributed by atoms with Crippen molar-refractivity contribution >= 4 is 52.4 Å². The zero-order valence-electron chi connectivity index (χ0n) is 13.5. The summed E-state index contributed by atoms with van der Waals surface area (Å²) < 4.78 is 4.48. The Bertz CT molecular complexity index is 689. The Labute approximate surface area is 162 Å². The van der Waals surface area contributed by atoms with Crippen LogP contribution in [0.3, 0.4) is 0 Å². The minimum Gasteiger partial charge on any atom is -0.458 e. The summed E-state index contributed by atoms with van der Waals surface area (Å²) in [4.78, 5) is 12.3. The minimum absolute atomic E-state index is 0.100. The van der Waals surface area contributed by atoms with E-state index in [1.165, 1.54) is 0 Å². The molecule has 2 spiro atoms. The fourth-order valence-corrected chi connectivity index (χ4v) is 8.29. The topological polar surface area (TPSA) is 26.3 Å². The molecule has 6 atom stereocenters. The first-order chi connectivity index (χ1) is 11.0. The van der Waals surface area contributed by atoms with Crippen LogP contribution < -0.4 is 0 Å². The fraction of sp³-hybridized carbons (Fsp3) is 0.833. The maximum absolute atomic E-state index is 12.3. The lowest BCUT2D eigenvalue weighted by Gasteiger charge is -2.37. The van der Waals surface area contributed by atoms with Crippen LogP contribution in [0, 0.1) is 28.1 Å². The van der Waals surface area contributed by atoms with Crippen LogP contribution in [-0.2, 0) is 9.53 Å². The van der Waals surface area contributed by atoms with Crippen LogP contribution >= 0.6 is 46.4 Å². The van der Waals surface area contributed by atoms with Crippen molar-refractivity contribution in [3.05, 3.63) is 12.2 Å². The molecule has 5 rings (SSSR count). The first kappa shape index (κ1) is 16.5. The van der Waals surface area contributed by atoms with Gasteiger partial charge in [0, 0.05) is 27.7 Å². The first-order valence-corrected chi connectivity index (χ1v) is 10.2. The molecule has 0 amide bonds. The van der Waals surface area contributed by atoms with E-state index in [-0.39, 0.29) is 34.2 Å². The third-order valence-corrected chi connectivity index (χ3v) is 10.2. The zero-order chi connectivity index (χ0) is 17.3. The Hall–Kier alpha value is 0.370. The molecule has 0 bridgehead atoms. The van der Waals surface area contributed by atoms with E-state index < -0.39 is 8.67 Å². The molecule has 0 aromatic carbocycles. The van der Waals surface area contributed by atoms with Crippen molar-refractivity contribution in [2.24, 2.45) is 28.1 Å². The van der Waals surface area contributed by atoms with Gasteiger partial charge >= 0.3 is 5.97 Å². The zero-order valence-corrected chi connectivity index (χ0v) is 16.5. The van der Waals surface area contributed by atoms with Crippen molar-refractivity contribution in [3.8, 4) is 0 Å². The number of carbonyl (C=O) groups is 1. The number of halogens is 4. The Morgan fingerprint density at radius 2 is 1.62 bits per heavy atom. The lowest BCUT2D eigenvalue weighted by atomic mass is 9.69. The smallest absolute Gasteiger partial charge is 0.334 e. The van der Waals surface area contributed by atoms with Gasteiger partial charge in [0.05, 0.1) is 0 Å². The fourth-order valence-electron chi connectivity index (χ4n) is 6.43. The molecular formula is C18H20Cl4O2. The summed E-state index contributed by atoms with van der Waals surface area (Å²) in [5.74, 6) is 0.147. The van der Waals surface area contributed by atoms with E-state index in [4.69, 9.17) is 51.1 Å². The van der Waals surface area contributed by atoms with Gasteiger partial charge in [-0.2, -0.15) is 0 Å². The summed E-state index contributed by atoms with van der Waals surface area (Å²) in [6.07, 6.45) is 5.03. The Balaban J connectivity index is 1.66. The number of ether oxygens (including phenoxy) is 1. The SMILES string of the molecule is C=C1C(=O)O[C@@H]2[C@@H]3[C@@H](CC[C@]34CC4(Cl)Cl)[C@]3(CC[C@@]12C)CC3(Cl)Cl. The third kappa shape index (κ3) is 1.62. The lowest BCUT2D eigenvalue weighted by Crippen LogP contribution is -2.41. The van der Waals surface area contributed by atoms with E-state index in [1.807, 2.05) is 0 Å². The molecule has 0 aromatic heterocycles. The van der Waals surface area contributed by atoms with Gasteiger partial charge in [-0.1, -0.05) is 13.5 Å². The Morgan fingerprint density at radius 1 is 1.04 bits per heavy atom. The molecule has 5 fully saturated rings. The van der Waals surface area contributed by atoms with Crippen molar-refractivity contribution in [2.75, 3.05) is 0 Å². The predicted molar refractivity (Wildman–Crippen MR) is 95.5 cm³/mol. The van der Waals surface area contributed by atoms with Crippen molar-refractivity contribution in [3.63, 3.8) is 0 Å². The van der Waals surface area contributed by atoms with Gasteiger partial charge in [-0.25, -0.2) is 4.79 Å². The monoisotopic (exact) mass is 408 g/mol. The number of hydrogen-bond donors (Lipinski definition) is 0. The Kier molecular flexibility index (Phi) is 2.94. The van der Waals surface area contributed by atoms with Gasteiger partial charge in [-0.3, -0.25) is 0 Å². The van der Waals surface area contributed by atoms with Crippen molar-refractivity contribution in [2.45, 2.75) is 60.2 Å². The van der Waals surface area contributed by atoms with Gasteiger partial charge in [-0.15, -0.1) is 46.4 Å². The summed E-state index contributed by atoms with van der Waals surface area (Å²) in [7, 11) is 0. The van der Waals surface area contributed by atoms with Crippen LogP contribution in [0.15, 0.2) is 12.2 Å². The highest BCUT2D eigenvalue weighted by Gasteiger charge is 2.83. The minimum atomic E-state index is -0.731. The number of esters is 1. The van der Waals surface area contributed by atoms with Crippen LogP contribution in [0.5, 0.6) is 0 Å². The number of fused-ring (bicyclic) bond motifs is 5. The molecule has 5 aliphatic rings. The predicted octanol–water partition coefficient (Wildman–Crippen LogP) is 5.42. The summed E-state index contributed by atoms with van der Waals surface area (Å²) in [6.45, 7) is 6.15. The quantitative estimate of drug-likeness (QED) is 0.303. The van der Waals surface area contributed by atoms with Gasteiger partial charge in [0.1, 0.15) is 14.8 Å². The standard InChI is InChI=1S/C18H20Cl4O2/c1-9-13(23)24-12-11-10(3-4-16(11)8-18(16,21)22)15(7-17(15,19)20)6-5-14(9,12)2/h10-12H,1,3-8H2,2H3/t10-,11+,12-,14+,15+,16+/m1/s1. The van der Waals surface area contributed by atoms with Crippen LogP contribution in [0.1, 0.15) is 45.4 Å². The van der Waals surface area contributed by atoms with E-state index in [0.717, 1.165) is 38.5 Å². The van der Waals surface area contributed by atoms with E-state index in [1.54, 1.807) is 0 Å². The van der Waals surface area contributed by atoms with Crippen LogP contribution in [-0.4, -0.2) is 20.7 Å². The second kappa shape index (κ2) is 4.26. The van der Waals surface area contributed by atoms with E-state index >= 15 is 0 Å². The first-order valence-electron chi connectivity index (χ1n) is 8.67. The summed E-state index contributed by atoms with van der Waals surface area (Å²) in [6, 6.07) is 0. The summed E-state index contributed by atoms with van der Waals surface area (Å²) >= 11 is 26.5. The number of carbonyl (C=O) groups excluding carboxylic acids is 1. The summed E-state index contributed by atoms with van der Waals surface area (Å²) in [5, 5.41) is 0. The van der Waals surface area contributed by atoms with Crippen LogP contribution in [0.2, 0.25) is 0 Å². The molecule has 0 unspecified atom stereocenters. The van der Waals surface area contributed by atoms with Crippen molar-refractivity contribution in [1.29, 1.82) is 0 Å². The lowest BCUT2D eigenvalue weighted by molar-refractivity contribution is -0.144. The van der Waals surface area contributed by atoms with Gasteiger partial charge in [-0.05, 0) is 44.4 Å². The van der Waals surface area contributed by atoms with Gasteiger partial charge in [0.25, 0.3) is 0 Å². The second-order valence-corrected chi connectivity index (χ2v) is 11.9. The molecule has 0 radical (unpaired) electrons. The van der Waals surface area contributed by atoms with E-state index in [0.29, 0.717) is 11.5 Å². The number of hydrogen-bond acceptors (Lipinski definition) is 2. The normalized spacial score (nSPS) is 56.0. The summed E-state index contributed by atoms with van der Waals surface area (Å²) in [5.41, 5.74) is -0.0751. The molecule has 0 aromatic rings. The largest absolute Gasteiger partial charge is 0.458 e. The average molecular weight is 410 g/mol. The molecule has 1 heterocycles. The molecule has 1 aliphatic heterocycles. The van der Waals surface area contributed by atoms with Gasteiger partial charge in [0.2, 0.25) is 0 Å². The van der Waals surface area contributed by atoms with Gasteiger partial charge < -0.3 is 4.74 Å². The van der Waals surface area contributed by atoms with E-state index in [2.05, 4.69) is 13.5 Å². The van der Waals surface area contributed by atoms with Gasteiger partial charge in [0.15, 0.2) is 0 Å². The number of rotatable bonds is 0. The van der Waals surface area contributed by atoms with E-state index in [9.17, 15) is 4.79 Å².